The molecule has 0 saturated heterocycles. The van der Waals surface area contributed by atoms with Gasteiger partial charge in [0.05, 0.1) is 11.6 Å². The topological polar surface area (TPSA) is 58.1 Å². The van der Waals surface area contributed by atoms with Crippen LogP contribution in [0.5, 0.6) is 0 Å². The lowest BCUT2D eigenvalue weighted by Crippen LogP contribution is -2.30. The fourth-order valence-corrected chi connectivity index (χ4v) is 2.13. The van der Waals surface area contributed by atoms with E-state index in [1.165, 1.54) is 0 Å². The molecule has 1 aromatic rings. The molecule has 1 amide bonds. The summed E-state index contributed by atoms with van der Waals surface area (Å²) in [6.45, 7) is 7.16. The molecule has 5 nitrogen and oxygen atoms in total. The molecule has 0 bridgehead atoms. The summed E-state index contributed by atoms with van der Waals surface area (Å²) in [6, 6.07) is 0. The number of amides is 1. The number of aryl methyl sites for hydroxylation is 1. The zero-order chi connectivity index (χ0) is 12.6. The van der Waals surface area contributed by atoms with E-state index < -0.39 is 0 Å². The minimum Gasteiger partial charge on any atom is -0.354 e. The van der Waals surface area contributed by atoms with Gasteiger partial charge in [-0.2, -0.15) is 4.98 Å². The normalized spacial score (nSPS) is 19.6. The van der Waals surface area contributed by atoms with Gasteiger partial charge in [-0.05, 0) is 25.4 Å². The van der Waals surface area contributed by atoms with Crippen LogP contribution < -0.4 is 10.2 Å². The first kappa shape index (κ1) is 12.1. The molecular formula is C11H15ClN4O. The first-order valence-corrected chi connectivity index (χ1v) is 6.00. The summed E-state index contributed by atoms with van der Waals surface area (Å²) in [6.07, 6.45) is 0. The number of nitrogens with one attached hydrogen (secondary N) is 1. The third kappa shape index (κ3) is 2.20. The van der Waals surface area contributed by atoms with Gasteiger partial charge in [0.15, 0.2) is 5.82 Å². The van der Waals surface area contributed by atoms with E-state index in [9.17, 15) is 4.79 Å². The molecule has 6 heteroatoms. The molecule has 0 spiro atoms. The van der Waals surface area contributed by atoms with Crippen LogP contribution in [0.2, 0.25) is 5.28 Å². The lowest BCUT2D eigenvalue weighted by atomic mass is 10.1. The van der Waals surface area contributed by atoms with Gasteiger partial charge in [0.2, 0.25) is 11.2 Å². The second-order valence-corrected chi connectivity index (χ2v) is 4.54. The Hall–Kier alpha value is -1.36. The number of hydrogen-bond donors (Lipinski definition) is 1. The highest BCUT2D eigenvalue weighted by molar-refractivity contribution is 6.28. The molecule has 0 saturated carbocycles. The average molecular weight is 255 g/mol. The SMILES string of the molecule is CCN1CC(C)C(=O)Nc2c(C)nc(Cl)nc21. The van der Waals surface area contributed by atoms with Crippen LogP contribution in [-0.2, 0) is 4.79 Å². The van der Waals surface area contributed by atoms with Gasteiger partial charge < -0.3 is 10.2 Å². The van der Waals surface area contributed by atoms with Crippen molar-refractivity contribution in [1.29, 1.82) is 0 Å². The van der Waals surface area contributed by atoms with E-state index in [4.69, 9.17) is 11.6 Å². The first-order valence-electron chi connectivity index (χ1n) is 5.62. The predicted octanol–water partition coefficient (Wildman–Crippen LogP) is 1.85. The molecule has 0 fully saturated rings. The number of aromatic nitrogens is 2. The summed E-state index contributed by atoms with van der Waals surface area (Å²) < 4.78 is 0. The van der Waals surface area contributed by atoms with Crippen LogP contribution in [0.15, 0.2) is 0 Å². The van der Waals surface area contributed by atoms with Gasteiger partial charge in [-0.1, -0.05) is 6.92 Å². The summed E-state index contributed by atoms with van der Waals surface area (Å²) in [5.74, 6) is 0.626. The van der Waals surface area contributed by atoms with Gasteiger partial charge in [0.25, 0.3) is 0 Å². The second kappa shape index (κ2) is 4.49. The summed E-state index contributed by atoms with van der Waals surface area (Å²) in [7, 11) is 0. The molecule has 1 aliphatic rings. The Labute approximate surface area is 105 Å². The molecule has 17 heavy (non-hydrogen) atoms. The van der Waals surface area contributed by atoms with E-state index in [1.54, 1.807) is 0 Å². The molecular weight excluding hydrogens is 240 g/mol. The van der Waals surface area contributed by atoms with E-state index >= 15 is 0 Å². The maximum absolute atomic E-state index is 11.8. The van der Waals surface area contributed by atoms with Crippen LogP contribution in [0.3, 0.4) is 0 Å². The van der Waals surface area contributed by atoms with Crippen LogP contribution in [0.1, 0.15) is 19.5 Å². The Morgan fingerprint density at radius 3 is 2.88 bits per heavy atom. The number of halogens is 1. The highest BCUT2D eigenvalue weighted by atomic mass is 35.5. The Morgan fingerprint density at radius 1 is 1.53 bits per heavy atom. The fraction of sp³-hybridized carbons (Fsp3) is 0.545. The molecule has 1 atom stereocenters. The van der Waals surface area contributed by atoms with Crippen LogP contribution in [-0.4, -0.2) is 29.0 Å². The minimum absolute atomic E-state index is 0.00350. The Kier molecular flexibility index (Phi) is 3.19. The Morgan fingerprint density at radius 2 is 2.24 bits per heavy atom. The molecule has 1 unspecified atom stereocenters. The van der Waals surface area contributed by atoms with Crippen LogP contribution in [0, 0.1) is 12.8 Å². The van der Waals surface area contributed by atoms with E-state index in [1.807, 2.05) is 25.7 Å². The zero-order valence-electron chi connectivity index (χ0n) is 10.1. The lowest BCUT2D eigenvalue weighted by Gasteiger charge is -2.22. The largest absolute Gasteiger partial charge is 0.354 e. The van der Waals surface area contributed by atoms with Crippen molar-refractivity contribution in [3.63, 3.8) is 0 Å². The van der Waals surface area contributed by atoms with Crippen molar-refractivity contribution in [1.82, 2.24) is 9.97 Å². The standard InChI is InChI=1S/C11H15ClN4O/c1-4-16-5-6(2)10(17)14-8-7(3)13-11(12)15-9(8)16/h6H,4-5H2,1-3H3,(H,14,17). The molecule has 2 rings (SSSR count). The third-order valence-electron chi connectivity index (χ3n) is 2.91. The van der Waals surface area contributed by atoms with Gasteiger partial charge in [-0.15, -0.1) is 0 Å². The maximum Gasteiger partial charge on any atom is 0.229 e. The average Bonchev–Trinajstić information content (AvgIpc) is 2.39. The molecule has 92 valence electrons. The number of fused-ring (bicyclic) bond motifs is 1. The van der Waals surface area contributed by atoms with Crippen molar-refractivity contribution in [2.24, 2.45) is 5.92 Å². The summed E-state index contributed by atoms with van der Waals surface area (Å²) in [5, 5.41) is 3.08. The zero-order valence-corrected chi connectivity index (χ0v) is 10.9. The Bertz CT molecular complexity index is 463. The summed E-state index contributed by atoms with van der Waals surface area (Å²) in [5.41, 5.74) is 1.37. The van der Waals surface area contributed by atoms with Crippen molar-refractivity contribution >= 4 is 29.0 Å². The quantitative estimate of drug-likeness (QED) is 0.777. The van der Waals surface area contributed by atoms with Crippen molar-refractivity contribution < 1.29 is 4.79 Å². The van der Waals surface area contributed by atoms with Crippen LogP contribution in [0.25, 0.3) is 0 Å². The van der Waals surface area contributed by atoms with Crippen molar-refractivity contribution in [2.75, 3.05) is 23.3 Å². The minimum atomic E-state index is -0.0812. The highest BCUT2D eigenvalue weighted by Crippen LogP contribution is 2.31. The van der Waals surface area contributed by atoms with E-state index in [0.717, 1.165) is 6.54 Å². The Balaban J connectivity index is 2.55. The van der Waals surface area contributed by atoms with E-state index in [2.05, 4.69) is 15.3 Å². The van der Waals surface area contributed by atoms with Gasteiger partial charge in [-0.3, -0.25) is 4.79 Å². The van der Waals surface area contributed by atoms with Gasteiger partial charge in [0.1, 0.15) is 5.69 Å². The number of anilines is 2. The maximum atomic E-state index is 11.8. The van der Waals surface area contributed by atoms with E-state index in [-0.39, 0.29) is 17.1 Å². The van der Waals surface area contributed by atoms with E-state index in [0.29, 0.717) is 23.7 Å². The molecule has 0 aliphatic carbocycles. The molecule has 1 N–H and O–H groups in total. The molecule has 1 aromatic heterocycles. The fourth-order valence-electron chi connectivity index (χ4n) is 1.92. The molecule has 0 radical (unpaired) electrons. The molecule has 0 aromatic carbocycles. The number of carbonyl (C=O) groups is 1. The smallest absolute Gasteiger partial charge is 0.229 e. The van der Waals surface area contributed by atoms with Gasteiger partial charge >= 0.3 is 0 Å². The molecule has 1 aliphatic heterocycles. The lowest BCUT2D eigenvalue weighted by molar-refractivity contribution is -0.119. The number of nitrogens with zero attached hydrogens (tertiary/aromatic N) is 3. The van der Waals surface area contributed by atoms with Crippen LogP contribution in [0.4, 0.5) is 11.5 Å². The monoisotopic (exact) mass is 254 g/mol. The first-order chi connectivity index (χ1) is 8.02. The van der Waals surface area contributed by atoms with Crippen molar-refractivity contribution in [3.05, 3.63) is 11.0 Å². The number of carbonyl (C=O) groups excluding carboxylic acids is 1. The van der Waals surface area contributed by atoms with Crippen LogP contribution >= 0.6 is 11.6 Å². The predicted molar refractivity (Wildman–Crippen MR) is 67.5 cm³/mol. The van der Waals surface area contributed by atoms with Gasteiger partial charge in [-0.25, -0.2) is 4.98 Å². The number of hydrogen-bond acceptors (Lipinski definition) is 4. The van der Waals surface area contributed by atoms with Crippen molar-refractivity contribution in [2.45, 2.75) is 20.8 Å². The molecule has 2 heterocycles. The second-order valence-electron chi connectivity index (χ2n) is 4.21. The van der Waals surface area contributed by atoms with Gasteiger partial charge in [0, 0.05) is 13.1 Å². The van der Waals surface area contributed by atoms with Crippen molar-refractivity contribution in [3.8, 4) is 0 Å². The number of rotatable bonds is 1. The highest BCUT2D eigenvalue weighted by Gasteiger charge is 2.27. The summed E-state index contributed by atoms with van der Waals surface area (Å²) in [4.78, 5) is 22.2. The third-order valence-corrected chi connectivity index (χ3v) is 3.08. The summed E-state index contributed by atoms with van der Waals surface area (Å²) >= 11 is 5.87.